The first-order valence-corrected chi connectivity index (χ1v) is 10.9. The zero-order valence-corrected chi connectivity index (χ0v) is 18.2. The van der Waals surface area contributed by atoms with Gasteiger partial charge >= 0.3 is 0 Å². The van der Waals surface area contributed by atoms with Crippen LogP contribution in [0, 0.1) is 25.7 Å². The van der Waals surface area contributed by atoms with Crippen LogP contribution in [-0.2, 0) is 16.0 Å². The van der Waals surface area contributed by atoms with Crippen molar-refractivity contribution < 1.29 is 9.59 Å². The number of rotatable bonds is 4. The number of hydrogen-bond donors (Lipinski definition) is 3. The van der Waals surface area contributed by atoms with Crippen LogP contribution in [0.5, 0.6) is 0 Å². The molecule has 1 aromatic carbocycles. The van der Waals surface area contributed by atoms with Crippen LogP contribution in [0.1, 0.15) is 42.9 Å². The smallest absolute Gasteiger partial charge is 0.257 e. The normalized spacial score (nSPS) is 19.0. The number of hydrogen-bond acceptors (Lipinski definition) is 5. The van der Waals surface area contributed by atoms with Gasteiger partial charge in [-0.15, -0.1) is 0 Å². The Balaban J connectivity index is 1.45. The first kappa shape index (κ1) is 21.1. The topological polar surface area (TPSA) is 107 Å². The van der Waals surface area contributed by atoms with Gasteiger partial charge in [0, 0.05) is 25.2 Å². The summed E-state index contributed by atoms with van der Waals surface area (Å²) >= 11 is 0. The summed E-state index contributed by atoms with van der Waals surface area (Å²) < 4.78 is 0. The van der Waals surface area contributed by atoms with Crippen LogP contribution in [0.2, 0.25) is 0 Å². The highest BCUT2D eigenvalue weighted by atomic mass is 16.2. The van der Waals surface area contributed by atoms with Gasteiger partial charge in [0.2, 0.25) is 17.8 Å². The summed E-state index contributed by atoms with van der Waals surface area (Å²) in [5, 5.41) is 5.59. The van der Waals surface area contributed by atoms with Crippen molar-refractivity contribution in [1.29, 1.82) is 0 Å². The van der Waals surface area contributed by atoms with E-state index in [0.717, 1.165) is 37.1 Å². The van der Waals surface area contributed by atoms with Crippen molar-refractivity contribution in [2.45, 2.75) is 46.5 Å². The lowest BCUT2D eigenvalue weighted by atomic mass is 9.92. The van der Waals surface area contributed by atoms with Crippen molar-refractivity contribution in [3.8, 4) is 0 Å². The van der Waals surface area contributed by atoms with Crippen LogP contribution >= 0.6 is 0 Å². The molecule has 3 N–H and O–H groups in total. The van der Waals surface area contributed by atoms with E-state index in [-0.39, 0.29) is 30.2 Å². The minimum absolute atomic E-state index is 0.00338. The summed E-state index contributed by atoms with van der Waals surface area (Å²) in [7, 11) is 0. The van der Waals surface area contributed by atoms with Crippen molar-refractivity contribution in [2.75, 3.05) is 28.6 Å². The van der Waals surface area contributed by atoms with E-state index in [0.29, 0.717) is 28.9 Å². The Kier molecular flexibility index (Phi) is 5.80. The van der Waals surface area contributed by atoms with E-state index >= 15 is 0 Å². The number of aryl methyl sites for hydroxylation is 2. The average molecular weight is 424 g/mol. The lowest BCUT2D eigenvalue weighted by molar-refractivity contribution is -0.125. The van der Waals surface area contributed by atoms with Gasteiger partial charge in [-0.25, -0.2) is 0 Å². The summed E-state index contributed by atoms with van der Waals surface area (Å²) in [6.45, 7) is 7.87. The van der Waals surface area contributed by atoms with Crippen LogP contribution in [0.15, 0.2) is 23.0 Å². The summed E-state index contributed by atoms with van der Waals surface area (Å²) in [5.74, 6) is 0.337. The van der Waals surface area contributed by atoms with Gasteiger partial charge in [0.25, 0.3) is 5.56 Å². The molecular weight excluding hydrogens is 394 g/mol. The number of benzene rings is 1. The summed E-state index contributed by atoms with van der Waals surface area (Å²) in [6, 6.07) is 5.69. The maximum absolute atomic E-state index is 12.7. The molecule has 0 bridgehead atoms. The quantitative estimate of drug-likeness (QED) is 0.701. The Bertz CT molecular complexity index is 1070. The fourth-order valence-corrected chi connectivity index (χ4v) is 4.13. The second kappa shape index (κ2) is 8.53. The maximum atomic E-state index is 12.7. The maximum Gasteiger partial charge on any atom is 0.257 e. The molecule has 0 saturated carbocycles. The van der Waals surface area contributed by atoms with Crippen LogP contribution in [0.25, 0.3) is 0 Å². The molecule has 1 aromatic heterocycles. The number of aromatic nitrogens is 2. The van der Waals surface area contributed by atoms with E-state index in [2.05, 4.69) is 32.4 Å². The third kappa shape index (κ3) is 4.62. The van der Waals surface area contributed by atoms with Gasteiger partial charge in [-0.05, 0) is 62.3 Å². The molecule has 4 rings (SSSR count). The first-order chi connectivity index (χ1) is 14.8. The predicted octanol–water partition coefficient (Wildman–Crippen LogP) is 2.76. The number of piperidine rings is 1. The van der Waals surface area contributed by atoms with Gasteiger partial charge in [-0.1, -0.05) is 13.0 Å². The van der Waals surface area contributed by atoms with E-state index < -0.39 is 5.92 Å². The molecule has 2 aliphatic heterocycles. The summed E-state index contributed by atoms with van der Waals surface area (Å²) in [5.41, 5.74) is 3.10. The van der Waals surface area contributed by atoms with E-state index in [1.165, 1.54) is 0 Å². The van der Waals surface area contributed by atoms with Crippen LogP contribution < -0.4 is 21.1 Å². The molecule has 8 heteroatoms. The number of carbonyl (C=O) groups excluding carboxylic acids is 2. The number of amides is 2. The lowest BCUT2D eigenvalue weighted by Gasteiger charge is -2.31. The molecule has 1 atom stereocenters. The van der Waals surface area contributed by atoms with Crippen molar-refractivity contribution >= 4 is 29.3 Å². The SMILES string of the molecule is Cc1ccc(NC(=O)CC2Cc3c(nc(N4CCC(C)CC4)[nH]c3=O)NC2=O)cc1C. The van der Waals surface area contributed by atoms with Crippen molar-refractivity contribution in [2.24, 2.45) is 11.8 Å². The second-order valence-electron chi connectivity index (χ2n) is 8.83. The monoisotopic (exact) mass is 423 g/mol. The zero-order chi connectivity index (χ0) is 22.1. The first-order valence-electron chi connectivity index (χ1n) is 10.9. The molecule has 1 fully saturated rings. The fraction of sp³-hybridized carbons (Fsp3) is 0.478. The molecule has 3 heterocycles. The fourth-order valence-electron chi connectivity index (χ4n) is 4.13. The Morgan fingerprint density at radius 1 is 1.19 bits per heavy atom. The Hall–Kier alpha value is -3.16. The van der Waals surface area contributed by atoms with Gasteiger partial charge in [-0.3, -0.25) is 19.4 Å². The molecular formula is C23H29N5O3. The van der Waals surface area contributed by atoms with Gasteiger partial charge < -0.3 is 15.5 Å². The molecule has 164 valence electrons. The highest BCUT2D eigenvalue weighted by Gasteiger charge is 2.32. The van der Waals surface area contributed by atoms with Crippen LogP contribution in [0.4, 0.5) is 17.5 Å². The van der Waals surface area contributed by atoms with Crippen LogP contribution in [-0.4, -0.2) is 34.9 Å². The third-order valence-corrected chi connectivity index (χ3v) is 6.37. The van der Waals surface area contributed by atoms with Gasteiger partial charge in [0.05, 0.1) is 11.5 Å². The molecule has 1 unspecified atom stereocenters. The Morgan fingerprint density at radius 2 is 1.94 bits per heavy atom. The second-order valence-corrected chi connectivity index (χ2v) is 8.83. The van der Waals surface area contributed by atoms with Crippen molar-refractivity contribution in [1.82, 2.24) is 9.97 Å². The largest absolute Gasteiger partial charge is 0.342 e. The predicted molar refractivity (Wildman–Crippen MR) is 120 cm³/mol. The van der Waals surface area contributed by atoms with E-state index in [4.69, 9.17) is 0 Å². The summed E-state index contributed by atoms with van der Waals surface area (Å²) in [6.07, 6.45) is 2.29. The molecule has 31 heavy (non-hydrogen) atoms. The van der Waals surface area contributed by atoms with E-state index in [1.807, 2.05) is 32.0 Å². The number of fused-ring (bicyclic) bond motifs is 1. The number of aromatic amines is 1. The van der Waals surface area contributed by atoms with E-state index in [9.17, 15) is 14.4 Å². The molecule has 0 spiro atoms. The van der Waals surface area contributed by atoms with Gasteiger partial charge in [-0.2, -0.15) is 4.98 Å². The molecule has 0 aliphatic carbocycles. The average Bonchev–Trinajstić information content (AvgIpc) is 2.72. The van der Waals surface area contributed by atoms with Crippen molar-refractivity contribution in [3.63, 3.8) is 0 Å². The lowest BCUT2D eigenvalue weighted by Crippen LogP contribution is -2.39. The molecule has 2 aliphatic rings. The molecule has 0 radical (unpaired) electrons. The number of carbonyl (C=O) groups is 2. The zero-order valence-electron chi connectivity index (χ0n) is 18.2. The standard InChI is InChI=1S/C23H29N5O3/c1-13-6-8-28(9-7-13)23-26-20-18(22(31)27-23)11-16(21(30)25-20)12-19(29)24-17-5-4-14(2)15(3)10-17/h4-5,10,13,16H,6-9,11-12H2,1-3H3,(H,24,29)(H2,25,26,27,30,31). The summed E-state index contributed by atoms with van der Waals surface area (Å²) in [4.78, 5) is 47.3. The minimum atomic E-state index is -0.608. The Labute approximate surface area is 181 Å². The minimum Gasteiger partial charge on any atom is -0.342 e. The van der Waals surface area contributed by atoms with Gasteiger partial charge in [0.15, 0.2) is 0 Å². The van der Waals surface area contributed by atoms with Crippen LogP contribution in [0.3, 0.4) is 0 Å². The number of nitrogens with zero attached hydrogens (tertiary/aromatic N) is 2. The number of anilines is 3. The Morgan fingerprint density at radius 3 is 2.65 bits per heavy atom. The number of nitrogens with one attached hydrogen (secondary N) is 3. The number of H-pyrrole nitrogens is 1. The van der Waals surface area contributed by atoms with Gasteiger partial charge in [0.1, 0.15) is 5.82 Å². The highest BCUT2D eigenvalue weighted by Crippen LogP contribution is 2.26. The van der Waals surface area contributed by atoms with Crippen molar-refractivity contribution in [3.05, 3.63) is 45.2 Å². The highest BCUT2D eigenvalue weighted by molar-refractivity contribution is 5.99. The third-order valence-electron chi connectivity index (χ3n) is 6.37. The molecule has 8 nitrogen and oxygen atoms in total. The molecule has 2 aromatic rings. The van der Waals surface area contributed by atoms with E-state index in [1.54, 1.807) is 0 Å². The molecule has 2 amide bonds. The molecule has 1 saturated heterocycles.